The van der Waals surface area contributed by atoms with Gasteiger partial charge >= 0.3 is 5.97 Å². The van der Waals surface area contributed by atoms with E-state index in [1.807, 2.05) is 11.8 Å². The zero-order chi connectivity index (χ0) is 16.3. The Morgan fingerprint density at radius 2 is 1.95 bits per heavy atom. The molecule has 2 rings (SSSR count). The molecular formula is C16H20N2O4. The SMILES string of the molecule is CCCN(Cc1ccc(C(=O)O)cc1)C1CC(=O)N(C)C1=O. The molecule has 1 saturated heterocycles. The van der Waals surface area contributed by atoms with Crippen LogP contribution in [0.5, 0.6) is 0 Å². The smallest absolute Gasteiger partial charge is 0.335 e. The van der Waals surface area contributed by atoms with Gasteiger partial charge in [-0.25, -0.2) is 4.79 Å². The number of hydrogen-bond acceptors (Lipinski definition) is 4. The first-order valence-electron chi connectivity index (χ1n) is 7.30. The molecule has 6 heteroatoms. The lowest BCUT2D eigenvalue weighted by Crippen LogP contribution is -2.41. The molecule has 22 heavy (non-hydrogen) atoms. The molecule has 1 fully saturated rings. The minimum Gasteiger partial charge on any atom is -0.478 e. The fourth-order valence-corrected chi connectivity index (χ4v) is 2.64. The Kier molecular flexibility index (Phi) is 4.92. The molecule has 0 bridgehead atoms. The summed E-state index contributed by atoms with van der Waals surface area (Å²) in [6, 6.07) is 6.18. The van der Waals surface area contributed by atoms with E-state index in [1.165, 1.54) is 11.9 Å². The van der Waals surface area contributed by atoms with Gasteiger partial charge in [-0.3, -0.25) is 19.4 Å². The van der Waals surface area contributed by atoms with E-state index in [-0.39, 0.29) is 23.8 Å². The number of aromatic carboxylic acids is 1. The van der Waals surface area contributed by atoms with Crippen LogP contribution in [-0.2, 0) is 16.1 Å². The van der Waals surface area contributed by atoms with Gasteiger partial charge in [-0.05, 0) is 30.7 Å². The highest BCUT2D eigenvalue weighted by Crippen LogP contribution is 2.20. The fourth-order valence-electron chi connectivity index (χ4n) is 2.64. The summed E-state index contributed by atoms with van der Waals surface area (Å²) in [5, 5.41) is 8.91. The van der Waals surface area contributed by atoms with E-state index >= 15 is 0 Å². The maximum Gasteiger partial charge on any atom is 0.335 e. The lowest BCUT2D eigenvalue weighted by Gasteiger charge is -2.26. The summed E-state index contributed by atoms with van der Waals surface area (Å²) in [4.78, 5) is 37.9. The highest BCUT2D eigenvalue weighted by molar-refractivity contribution is 6.05. The van der Waals surface area contributed by atoms with Crippen molar-refractivity contribution < 1.29 is 19.5 Å². The summed E-state index contributed by atoms with van der Waals surface area (Å²) in [5.74, 6) is -1.28. The van der Waals surface area contributed by atoms with Gasteiger partial charge in [0, 0.05) is 13.6 Å². The lowest BCUT2D eigenvalue weighted by molar-refractivity contribution is -0.138. The number of benzene rings is 1. The quantitative estimate of drug-likeness (QED) is 0.803. The molecule has 0 aromatic heterocycles. The second-order valence-corrected chi connectivity index (χ2v) is 5.48. The second kappa shape index (κ2) is 6.70. The van der Waals surface area contributed by atoms with Gasteiger partial charge in [0.1, 0.15) is 0 Å². The highest BCUT2D eigenvalue weighted by Gasteiger charge is 2.39. The number of carbonyl (C=O) groups is 3. The summed E-state index contributed by atoms with van der Waals surface area (Å²) >= 11 is 0. The molecule has 0 radical (unpaired) electrons. The molecule has 1 heterocycles. The van der Waals surface area contributed by atoms with E-state index in [9.17, 15) is 14.4 Å². The van der Waals surface area contributed by atoms with E-state index in [0.717, 1.165) is 12.0 Å². The second-order valence-electron chi connectivity index (χ2n) is 5.48. The number of rotatable bonds is 6. The Morgan fingerprint density at radius 3 is 2.41 bits per heavy atom. The highest BCUT2D eigenvalue weighted by atomic mass is 16.4. The van der Waals surface area contributed by atoms with Gasteiger partial charge in [0.2, 0.25) is 11.8 Å². The van der Waals surface area contributed by atoms with Gasteiger partial charge in [-0.2, -0.15) is 0 Å². The standard InChI is InChI=1S/C16H20N2O4/c1-3-8-18(13-9-14(19)17(2)15(13)20)10-11-4-6-12(7-5-11)16(21)22/h4-7,13H,3,8-10H2,1-2H3,(H,21,22). The van der Waals surface area contributed by atoms with Crippen molar-refractivity contribution in [2.45, 2.75) is 32.4 Å². The van der Waals surface area contributed by atoms with E-state index < -0.39 is 12.0 Å². The predicted molar refractivity (Wildman–Crippen MR) is 80.3 cm³/mol. The van der Waals surface area contributed by atoms with Crippen molar-refractivity contribution in [1.82, 2.24) is 9.80 Å². The predicted octanol–water partition coefficient (Wildman–Crippen LogP) is 1.35. The maximum atomic E-state index is 12.2. The Hall–Kier alpha value is -2.21. The van der Waals surface area contributed by atoms with Crippen molar-refractivity contribution in [3.05, 3.63) is 35.4 Å². The first-order valence-corrected chi connectivity index (χ1v) is 7.30. The number of amides is 2. The number of carbonyl (C=O) groups excluding carboxylic acids is 2. The summed E-state index contributed by atoms with van der Waals surface area (Å²) in [7, 11) is 1.51. The number of likely N-dealkylation sites (N-methyl/N-ethyl adjacent to an activating group) is 1. The normalized spacial score (nSPS) is 18.3. The van der Waals surface area contributed by atoms with Crippen LogP contribution in [0.3, 0.4) is 0 Å². The third kappa shape index (κ3) is 3.33. The molecule has 118 valence electrons. The van der Waals surface area contributed by atoms with Crippen LogP contribution in [0.4, 0.5) is 0 Å². The molecule has 1 atom stereocenters. The largest absolute Gasteiger partial charge is 0.478 e. The number of carboxylic acid groups (broad SMARTS) is 1. The van der Waals surface area contributed by atoms with Gasteiger partial charge in [-0.15, -0.1) is 0 Å². The minimum absolute atomic E-state index is 0.155. The summed E-state index contributed by atoms with van der Waals surface area (Å²) in [5.41, 5.74) is 1.16. The summed E-state index contributed by atoms with van der Waals surface area (Å²) in [6.07, 6.45) is 1.08. The minimum atomic E-state index is -0.963. The third-order valence-corrected chi connectivity index (χ3v) is 3.90. The van der Waals surface area contributed by atoms with Crippen LogP contribution >= 0.6 is 0 Å². The average Bonchev–Trinajstić information content (AvgIpc) is 2.75. The summed E-state index contributed by atoms with van der Waals surface area (Å²) in [6.45, 7) is 3.25. The number of hydrogen-bond donors (Lipinski definition) is 1. The molecule has 6 nitrogen and oxygen atoms in total. The molecule has 1 N–H and O–H groups in total. The van der Waals surface area contributed by atoms with Crippen molar-refractivity contribution in [2.24, 2.45) is 0 Å². The maximum absolute atomic E-state index is 12.2. The zero-order valence-corrected chi connectivity index (χ0v) is 12.8. The Morgan fingerprint density at radius 1 is 1.32 bits per heavy atom. The number of imide groups is 1. The Bertz CT molecular complexity index is 582. The van der Waals surface area contributed by atoms with E-state index in [4.69, 9.17) is 5.11 Å². The molecule has 1 aromatic rings. The van der Waals surface area contributed by atoms with E-state index in [1.54, 1.807) is 24.3 Å². The molecular weight excluding hydrogens is 284 g/mol. The summed E-state index contributed by atoms with van der Waals surface area (Å²) < 4.78 is 0. The van der Waals surface area contributed by atoms with Crippen LogP contribution in [0.1, 0.15) is 35.7 Å². The number of carboxylic acids is 1. The van der Waals surface area contributed by atoms with Crippen molar-refractivity contribution in [3.63, 3.8) is 0 Å². The molecule has 1 unspecified atom stereocenters. The first-order chi connectivity index (χ1) is 10.4. The van der Waals surface area contributed by atoms with Crippen molar-refractivity contribution in [1.29, 1.82) is 0 Å². The van der Waals surface area contributed by atoms with Crippen LogP contribution in [-0.4, -0.2) is 52.3 Å². The van der Waals surface area contributed by atoms with Crippen LogP contribution in [0.25, 0.3) is 0 Å². The van der Waals surface area contributed by atoms with E-state index in [0.29, 0.717) is 13.1 Å². The molecule has 1 aromatic carbocycles. The van der Waals surface area contributed by atoms with Gasteiger partial charge in [0.15, 0.2) is 0 Å². The monoisotopic (exact) mass is 304 g/mol. The average molecular weight is 304 g/mol. The molecule has 2 amide bonds. The number of likely N-dealkylation sites (tertiary alicyclic amines) is 1. The van der Waals surface area contributed by atoms with Crippen molar-refractivity contribution in [2.75, 3.05) is 13.6 Å². The van der Waals surface area contributed by atoms with Crippen LogP contribution in [0, 0.1) is 0 Å². The first kappa shape index (κ1) is 16.2. The van der Waals surface area contributed by atoms with Crippen LogP contribution in [0.2, 0.25) is 0 Å². The third-order valence-electron chi connectivity index (χ3n) is 3.90. The van der Waals surface area contributed by atoms with Crippen LogP contribution in [0.15, 0.2) is 24.3 Å². The van der Waals surface area contributed by atoms with Crippen molar-refractivity contribution >= 4 is 17.8 Å². The van der Waals surface area contributed by atoms with Crippen LogP contribution < -0.4 is 0 Å². The fraction of sp³-hybridized carbons (Fsp3) is 0.438. The van der Waals surface area contributed by atoms with Gasteiger partial charge in [0.25, 0.3) is 0 Å². The molecule has 1 aliphatic rings. The number of nitrogens with zero attached hydrogens (tertiary/aromatic N) is 2. The van der Waals surface area contributed by atoms with Gasteiger partial charge < -0.3 is 5.11 Å². The molecule has 0 spiro atoms. The Balaban J connectivity index is 2.13. The van der Waals surface area contributed by atoms with Crippen molar-refractivity contribution in [3.8, 4) is 0 Å². The van der Waals surface area contributed by atoms with Gasteiger partial charge in [0.05, 0.1) is 18.0 Å². The Labute approximate surface area is 129 Å². The van der Waals surface area contributed by atoms with E-state index in [2.05, 4.69) is 0 Å². The topological polar surface area (TPSA) is 77.9 Å². The molecule has 1 aliphatic heterocycles. The molecule has 0 aliphatic carbocycles. The van der Waals surface area contributed by atoms with Gasteiger partial charge in [-0.1, -0.05) is 19.1 Å². The molecule has 0 saturated carbocycles. The zero-order valence-electron chi connectivity index (χ0n) is 12.8. The lowest BCUT2D eigenvalue weighted by atomic mass is 10.1.